The second kappa shape index (κ2) is 14.2. The standard InChI is InChI=1S/C27H36.C7H14.2C2H6/c1-14-10-23-22(15(14)2)11-21-12-27(8,9)13-24(21)26(23)25-19(6)17(4)16(3)18(5)20(25)7;1-2-4-6-7-5-3-1;2*1-2/h11,14-15H,10,12-13H2,1-9H3;1-7H2;2*1-2H3. The topological polar surface area (TPSA) is 0 Å². The summed E-state index contributed by atoms with van der Waals surface area (Å²) in [7, 11) is 0. The third-order valence-corrected chi connectivity index (χ3v) is 9.86. The summed E-state index contributed by atoms with van der Waals surface area (Å²) in [4.78, 5) is 0. The lowest BCUT2D eigenvalue weighted by atomic mass is 9.80. The Labute approximate surface area is 238 Å². The molecule has 214 valence electrons. The molecule has 2 aromatic rings. The summed E-state index contributed by atoms with van der Waals surface area (Å²) in [5.74, 6) is 1.43. The zero-order valence-electron chi connectivity index (χ0n) is 27.8. The first-order valence-electron chi connectivity index (χ1n) is 16.3. The van der Waals surface area contributed by atoms with E-state index in [2.05, 4.69) is 68.4 Å². The highest BCUT2D eigenvalue weighted by Crippen LogP contribution is 2.51. The van der Waals surface area contributed by atoms with E-state index in [1.807, 2.05) is 27.7 Å². The summed E-state index contributed by atoms with van der Waals surface area (Å²) in [6.07, 6.45) is 14.2. The van der Waals surface area contributed by atoms with Crippen molar-refractivity contribution >= 4 is 0 Å². The number of rotatable bonds is 1. The maximum atomic E-state index is 2.59. The minimum absolute atomic E-state index is 0.387. The van der Waals surface area contributed by atoms with E-state index >= 15 is 0 Å². The van der Waals surface area contributed by atoms with Gasteiger partial charge in [-0.2, -0.15) is 0 Å². The lowest BCUT2D eigenvalue weighted by Crippen LogP contribution is -2.10. The Hall–Kier alpha value is -1.56. The Bertz CT molecular complexity index is 1020. The van der Waals surface area contributed by atoms with Crippen molar-refractivity contribution in [3.8, 4) is 11.1 Å². The average molecular weight is 519 g/mol. The van der Waals surface area contributed by atoms with Crippen molar-refractivity contribution in [1.29, 1.82) is 0 Å². The van der Waals surface area contributed by atoms with E-state index in [1.165, 1.54) is 92.0 Å². The zero-order valence-corrected chi connectivity index (χ0v) is 27.8. The number of hydrogen-bond acceptors (Lipinski definition) is 0. The van der Waals surface area contributed by atoms with E-state index < -0.39 is 0 Å². The SMILES string of the molecule is C1CCCCCC1.CC.CC.Cc1c(C)c(C)c(-c2c3c(cc4c2CC(C)C4C)CC(C)(C)C3)c(C)c1C. The van der Waals surface area contributed by atoms with Crippen LogP contribution in [0.3, 0.4) is 0 Å². The predicted octanol–water partition coefficient (Wildman–Crippen LogP) is 12.1. The van der Waals surface area contributed by atoms with Crippen LogP contribution in [0.5, 0.6) is 0 Å². The highest BCUT2D eigenvalue weighted by molar-refractivity contribution is 5.82. The van der Waals surface area contributed by atoms with Crippen molar-refractivity contribution in [2.45, 2.75) is 160 Å². The third-order valence-electron chi connectivity index (χ3n) is 9.86. The third kappa shape index (κ3) is 6.77. The molecule has 0 heteroatoms. The molecular formula is C38H62. The lowest BCUT2D eigenvalue weighted by molar-refractivity contribution is 0.392. The second-order valence-corrected chi connectivity index (χ2v) is 12.9. The molecule has 2 unspecified atom stereocenters. The van der Waals surface area contributed by atoms with Gasteiger partial charge in [0.25, 0.3) is 0 Å². The van der Waals surface area contributed by atoms with Crippen molar-refractivity contribution in [1.82, 2.24) is 0 Å². The Morgan fingerprint density at radius 2 is 1.00 bits per heavy atom. The van der Waals surface area contributed by atoms with Gasteiger partial charge < -0.3 is 0 Å². The van der Waals surface area contributed by atoms with Gasteiger partial charge in [-0.25, -0.2) is 0 Å². The average Bonchev–Trinajstić information content (AvgIpc) is 3.19. The monoisotopic (exact) mass is 518 g/mol. The molecule has 3 aliphatic rings. The molecule has 0 bridgehead atoms. The van der Waals surface area contributed by atoms with Gasteiger partial charge in [0, 0.05) is 0 Å². The van der Waals surface area contributed by atoms with E-state index in [0.717, 1.165) is 5.92 Å². The van der Waals surface area contributed by atoms with Gasteiger partial charge >= 0.3 is 0 Å². The molecule has 0 N–H and O–H groups in total. The van der Waals surface area contributed by atoms with E-state index in [0.29, 0.717) is 11.3 Å². The Balaban J connectivity index is 0.000000391. The summed E-state index contributed by atoms with van der Waals surface area (Å²) >= 11 is 0. The first-order chi connectivity index (χ1) is 18.0. The van der Waals surface area contributed by atoms with Crippen molar-refractivity contribution in [2.24, 2.45) is 11.3 Å². The van der Waals surface area contributed by atoms with Crippen molar-refractivity contribution in [2.75, 3.05) is 0 Å². The number of hydrogen-bond donors (Lipinski definition) is 0. The van der Waals surface area contributed by atoms with Crippen molar-refractivity contribution < 1.29 is 0 Å². The molecule has 1 saturated carbocycles. The van der Waals surface area contributed by atoms with Crippen LogP contribution in [0.1, 0.15) is 156 Å². The van der Waals surface area contributed by atoms with Crippen molar-refractivity contribution in [3.05, 3.63) is 56.1 Å². The Morgan fingerprint density at radius 3 is 1.45 bits per heavy atom. The molecule has 0 nitrogen and oxygen atoms in total. The highest BCUT2D eigenvalue weighted by atomic mass is 14.4. The second-order valence-electron chi connectivity index (χ2n) is 12.9. The van der Waals surface area contributed by atoms with Gasteiger partial charge in [-0.3, -0.25) is 0 Å². The molecule has 0 radical (unpaired) electrons. The first-order valence-corrected chi connectivity index (χ1v) is 16.3. The molecule has 0 amide bonds. The molecule has 0 saturated heterocycles. The molecule has 0 aromatic heterocycles. The largest absolute Gasteiger partial charge is 0.0683 e. The molecule has 2 atom stereocenters. The highest BCUT2D eigenvalue weighted by Gasteiger charge is 2.37. The minimum atomic E-state index is 0.387. The fraction of sp³-hybridized carbons (Fsp3) is 0.684. The van der Waals surface area contributed by atoms with E-state index in [4.69, 9.17) is 0 Å². The summed E-state index contributed by atoms with van der Waals surface area (Å²) in [6, 6.07) is 2.59. The quantitative estimate of drug-likeness (QED) is 0.329. The fourth-order valence-corrected chi connectivity index (χ4v) is 7.11. The molecule has 0 aliphatic heterocycles. The van der Waals surface area contributed by atoms with Crippen LogP contribution in [0, 0.1) is 46.0 Å². The van der Waals surface area contributed by atoms with Gasteiger partial charge in [0.05, 0.1) is 0 Å². The Kier molecular flexibility index (Phi) is 12.2. The van der Waals surface area contributed by atoms with Gasteiger partial charge in [0.1, 0.15) is 0 Å². The number of benzene rings is 2. The maximum Gasteiger partial charge on any atom is -0.0108 e. The summed E-state index contributed by atoms with van der Waals surface area (Å²) in [6.45, 7) is 29.4. The maximum absolute atomic E-state index is 2.59. The molecular weight excluding hydrogens is 456 g/mol. The molecule has 0 heterocycles. The van der Waals surface area contributed by atoms with Gasteiger partial charge in [-0.1, -0.05) is 106 Å². The minimum Gasteiger partial charge on any atom is -0.0683 e. The molecule has 2 aromatic carbocycles. The predicted molar refractivity (Wildman–Crippen MR) is 173 cm³/mol. The van der Waals surface area contributed by atoms with E-state index in [1.54, 1.807) is 33.4 Å². The van der Waals surface area contributed by atoms with E-state index in [9.17, 15) is 0 Å². The van der Waals surface area contributed by atoms with Crippen LogP contribution in [0.2, 0.25) is 0 Å². The van der Waals surface area contributed by atoms with Gasteiger partial charge in [-0.15, -0.1) is 0 Å². The molecule has 3 aliphatic carbocycles. The van der Waals surface area contributed by atoms with Crippen LogP contribution in [0.15, 0.2) is 6.07 Å². The van der Waals surface area contributed by atoms with Crippen LogP contribution in [0.25, 0.3) is 11.1 Å². The first kappa shape index (κ1) is 32.7. The molecule has 5 rings (SSSR count). The van der Waals surface area contributed by atoms with Crippen LogP contribution < -0.4 is 0 Å². The number of fused-ring (bicyclic) bond motifs is 2. The Morgan fingerprint density at radius 1 is 0.579 bits per heavy atom. The van der Waals surface area contributed by atoms with Crippen LogP contribution in [-0.4, -0.2) is 0 Å². The van der Waals surface area contributed by atoms with Crippen LogP contribution >= 0.6 is 0 Å². The summed E-state index contributed by atoms with van der Waals surface area (Å²) in [5, 5.41) is 0. The van der Waals surface area contributed by atoms with Crippen molar-refractivity contribution in [3.63, 3.8) is 0 Å². The van der Waals surface area contributed by atoms with Gasteiger partial charge in [0.15, 0.2) is 0 Å². The van der Waals surface area contributed by atoms with Crippen LogP contribution in [0.4, 0.5) is 0 Å². The smallest absolute Gasteiger partial charge is 0.0108 e. The molecule has 38 heavy (non-hydrogen) atoms. The summed E-state index contributed by atoms with van der Waals surface area (Å²) in [5.41, 5.74) is 17.6. The zero-order chi connectivity index (χ0) is 28.8. The molecule has 1 fully saturated rings. The fourth-order valence-electron chi connectivity index (χ4n) is 7.11. The molecule has 0 spiro atoms. The van der Waals surface area contributed by atoms with Crippen LogP contribution in [-0.2, 0) is 19.3 Å². The van der Waals surface area contributed by atoms with E-state index in [-0.39, 0.29) is 0 Å². The lowest BCUT2D eigenvalue weighted by Gasteiger charge is -2.24. The normalized spacial score (nSPS) is 21.0. The summed E-state index contributed by atoms with van der Waals surface area (Å²) < 4.78 is 0. The van der Waals surface area contributed by atoms with Gasteiger partial charge in [-0.05, 0) is 132 Å². The van der Waals surface area contributed by atoms with Gasteiger partial charge in [0.2, 0.25) is 0 Å².